The summed E-state index contributed by atoms with van der Waals surface area (Å²) in [5.74, 6) is -0.734. The number of hydrogen-bond acceptors (Lipinski definition) is 3. The number of carboxylic acid groups (broad SMARTS) is 1. The summed E-state index contributed by atoms with van der Waals surface area (Å²) in [4.78, 5) is 10.3. The van der Waals surface area contributed by atoms with E-state index in [1.165, 1.54) is 0 Å². The van der Waals surface area contributed by atoms with Crippen molar-refractivity contribution in [1.82, 2.24) is 0 Å². The number of allylic oxidation sites excluding steroid dienone is 3. The molecule has 0 bridgehead atoms. The van der Waals surface area contributed by atoms with Gasteiger partial charge in [0.25, 0.3) is 0 Å². The minimum atomic E-state index is -0.734. The number of aliphatic carboxylic acids is 1. The van der Waals surface area contributed by atoms with E-state index in [4.69, 9.17) is 5.11 Å². The predicted octanol–water partition coefficient (Wildman–Crippen LogP) is 3.83. The van der Waals surface area contributed by atoms with Crippen LogP contribution in [0.5, 0.6) is 0 Å². The molecule has 0 saturated carbocycles. The Morgan fingerprint density at radius 2 is 1.68 bits per heavy atom. The SMILES string of the molecule is CCCCCC(O)C(O)C/C=C/C/C=C/CCCCC(=O)O. The van der Waals surface area contributed by atoms with Gasteiger partial charge in [-0.15, -0.1) is 0 Å². The lowest BCUT2D eigenvalue weighted by Crippen LogP contribution is -2.25. The van der Waals surface area contributed by atoms with Crippen LogP contribution < -0.4 is 0 Å². The minimum absolute atomic E-state index is 0.242. The first-order valence-corrected chi connectivity index (χ1v) is 8.45. The van der Waals surface area contributed by atoms with Crippen LogP contribution in [0.3, 0.4) is 0 Å². The highest BCUT2D eigenvalue weighted by molar-refractivity contribution is 5.66. The Hall–Kier alpha value is -1.13. The molecule has 0 aromatic carbocycles. The second kappa shape index (κ2) is 14.8. The van der Waals surface area contributed by atoms with Gasteiger partial charge in [-0.3, -0.25) is 4.79 Å². The number of carboxylic acids is 1. The van der Waals surface area contributed by atoms with Gasteiger partial charge < -0.3 is 15.3 Å². The molecular weight excluding hydrogens is 280 g/mol. The Balaban J connectivity index is 3.57. The minimum Gasteiger partial charge on any atom is -0.481 e. The van der Waals surface area contributed by atoms with Gasteiger partial charge in [0.1, 0.15) is 0 Å². The molecule has 0 aliphatic heterocycles. The molecule has 3 N–H and O–H groups in total. The van der Waals surface area contributed by atoms with Crippen molar-refractivity contribution in [3.63, 3.8) is 0 Å². The number of aliphatic hydroxyl groups is 2. The van der Waals surface area contributed by atoms with Gasteiger partial charge >= 0.3 is 5.97 Å². The van der Waals surface area contributed by atoms with Crippen LogP contribution in [-0.4, -0.2) is 33.5 Å². The molecule has 128 valence electrons. The Kier molecular flexibility index (Phi) is 14.0. The fourth-order valence-corrected chi connectivity index (χ4v) is 2.12. The van der Waals surface area contributed by atoms with Crippen molar-refractivity contribution >= 4 is 5.97 Å². The van der Waals surface area contributed by atoms with Crippen molar-refractivity contribution < 1.29 is 20.1 Å². The first-order valence-electron chi connectivity index (χ1n) is 8.45. The average molecular weight is 312 g/mol. The van der Waals surface area contributed by atoms with Gasteiger partial charge in [-0.25, -0.2) is 0 Å². The second-order valence-electron chi connectivity index (χ2n) is 5.68. The third-order valence-corrected chi connectivity index (χ3v) is 3.54. The van der Waals surface area contributed by atoms with Crippen molar-refractivity contribution in [2.24, 2.45) is 0 Å². The number of rotatable bonds is 14. The van der Waals surface area contributed by atoms with Gasteiger partial charge in [0.15, 0.2) is 0 Å². The summed E-state index contributed by atoms with van der Waals surface area (Å²) < 4.78 is 0. The molecule has 2 unspecified atom stereocenters. The van der Waals surface area contributed by atoms with Crippen LogP contribution in [0.25, 0.3) is 0 Å². The average Bonchev–Trinajstić information content (AvgIpc) is 2.48. The fourth-order valence-electron chi connectivity index (χ4n) is 2.12. The van der Waals surface area contributed by atoms with E-state index in [2.05, 4.69) is 13.0 Å². The van der Waals surface area contributed by atoms with Crippen LogP contribution >= 0.6 is 0 Å². The zero-order chi connectivity index (χ0) is 16.6. The molecule has 2 atom stereocenters. The number of aliphatic hydroxyl groups excluding tert-OH is 2. The quantitative estimate of drug-likeness (QED) is 0.336. The first-order chi connectivity index (χ1) is 10.6. The molecule has 0 radical (unpaired) electrons. The molecule has 0 rings (SSSR count). The van der Waals surface area contributed by atoms with Crippen molar-refractivity contribution in [1.29, 1.82) is 0 Å². The third kappa shape index (κ3) is 13.8. The highest BCUT2D eigenvalue weighted by atomic mass is 16.4. The van der Waals surface area contributed by atoms with E-state index in [1.54, 1.807) is 0 Å². The van der Waals surface area contributed by atoms with Crippen LogP contribution in [0.1, 0.15) is 71.1 Å². The molecular formula is C18H32O4. The van der Waals surface area contributed by atoms with Crippen LogP contribution in [0.4, 0.5) is 0 Å². The third-order valence-electron chi connectivity index (χ3n) is 3.54. The van der Waals surface area contributed by atoms with Crippen molar-refractivity contribution in [3.05, 3.63) is 24.3 Å². The van der Waals surface area contributed by atoms with Gasteiger partial charge in [-0.2, -0.15) is 0 Å². The molecule has 4 heteroatoms. The Labute approximate surface area is 134 Å². The number of hydrogen-bond donors (Lipinski definition) is 3. The fraction of sp³-hybridized carbons (Fsp3) is 0.722. The van der Waals surface area contributed by atoms with Gasteiger partial charge in [0.05, 0.1) is 12.2 Å². The van der Waals surface area contributed by atoms with Gasteiger partial charge in [-0.1, -0.05) is 50.5 Å². The van der Waals surface area contributed by atoms with E-state index in [0.717, 1.165) is 44.9 Å². The summed E-state index contributed by atoms with van der Waals surface area (Å²) in [6, 6.07) is 0. The van der Waals surface area contributed by atoms with Crippen LogP contribution in [0.15, 0.2) is 24.3 Å². The van der Waals surface area contributed by atoms with Crippen molar-refractivity contribution in [2.75, 3.05) is 0 Å². The monoisotopic (exact) mass is 312 g/mol. The first kappa shape index (κ1) is 20.9. The zero-order valence-electron chi connectivity index (χ0n) is 13.8. The highest BCUT2D eigenvalue weighted by Gasteiger charge is 2.13. The summed E-state index contributed by atoms with van der Waals surface area (Å²) in [5.41, 5.74) is 0. The molecule has 0 amide bonds. The predicted molar refractivity (Wildman–Crippen MR) is 89.8 cm³/mol. The van der Waals surface area contributed by atoms with E-state index in [1.807, 2.05) is 18.2 Å². The summed E-state index contributed by atoms with van der Waals surface area (Å²) >= 11 is 0. The smallest absolute Gasteiger partial charge is 0.303 e. The lowest BCUT2D eigenvalue weighted by Gasteiger charge is -2.15. The molecule has 22 heavy (non-hydrogen) atoms. The van der Waals surface area contributed by atoms with Crippen LogP contribution in [0, 0.1) is 0 Å². The van der Waals surface area contributed by atoms with Gasteiger partial charge in [0, 0.05) is 6.42 Å². The maximum atomic E-state index is 10.3. The Morgan fingerprint density at radius 1 is 0.955 bits per heavy atom. The van der Waals surface area contributed by atoms with E-state index in [0.29, 0.717) is 12.8 Å². The second-order valence-corrected chi connectivity index (χ2v) is 5.68. The summed E-state index contributed by atoms with van der Waals surface area (Å²) in [6.07, 6.45) is 14.6. The Morgan fingerprint density at radius 3 is 2.36 bits per heavy atom. The van der Waals surface area contributed by atoms with E-state index in [9.17, 15) is 15.0 Å². The maximum absolute atomic E-state index is 10.3. The maximum Gasteiger partial charge on any atom is 0.303 e. The molecule has 0 fully saturated rings. The van der Waals surface area contributed by atoms with Crippen molar-refractivity contribution in [3.8, 4) is 0 Å². The lowest BCUT2D eigenvalue weighted by molar-refractivity contribution is -0.137. The molecule has 0 spiro atoms. The molecule has 0 aromatic rings. The van der Waals surface area contributed by atoms with Crippen LogP contribution in [0.2, 0.25) is 0 Å². The summed E-state index contributed by atoms with van der Waals surface area (Å²) in [6.45, 7) is 2.12. The normalized spacial score (nSPS) is 14.7. The molecule has 4 nitrogen and oxygen atoms in total. The highest BCUT2D eigenvalue weighted by Crippen LogP contribution is 2.10. The lowest BCUT2D eigenvalue weighted by atomic mass is 10.0. The summed E-state index contributed by atoms with van der Waals surface area (Å²) in [5, 5.41) is 28.1. The van der Waals surface area contributed by atoms with Gasteiger partial charge in [-0.05, 0) is 38.5 Å². The molecule has 0 aliphatic rings. The van der Waals surface area contributed by atoms with Gasteiger partial charge in [0.2, 0.25) is 0 Å². The Bertz CT molecular complexity index is 323. The number of unbranched alkanes of at least 4 members (excludes halogenated alkanes) is 4. The standard InChI is InChI=1S/C18H32O4/c1-2-3-10-13-16(19)17(20)14-11-8-6-4-5-7-9-12-15-18(21)22/h4-5,8,11,16-17,19-20H,2-3,6-7,9-10,12-15H2,1H3,(H,21,22)/b5-4+,11-8+. The van der Waals surface area contributed by atoms with Crippen molar-refractivity contribution in [2.45, 2.75) is 83.3 Å². The van der Waals surface area contributed by atoms with E-state index in [-0.39, 0.29) is 6.42 Å². The summed E-state index contributed by atoms with van der Waals surface area (Å²) in [7, 11) is 0. The van der Waals surface area contributed by atoms with Crippen LogP contribution in [-0.2, 0) is 4.79 Å². The molecule has 0 aromatic heterocycles. The van der Waals surface area contributed by atoms with E-state index >= 15 is 0 Å². The topological polar surface area (TPSA) is 77.8 Å². The molecule has 0 heterocycles. The molecule has 0 saturated heterocycles. The zero-order valence-corrected chi connectivity index (χ0v) is 13.8. The molecule has 0 aliphatic carbocycles. The largest absolute Gasteiger partial charge is 0.481 e. The number of carbonyl (C=O) groups is 1. The van der Waals surface area contributed by atoms with E-state index < -0.39 is 18.2 Å².